The van der Waals surface area contributed by atoms with Gasteiger partial charge in [-0.25, -0.2) is 5.01 Å². The molecule has 0 bridgehead atoms. The van der Waals surface area contributed by atoms with Crippen molar-refractivity contribution >= 4 is 5.91 Å². The summed E-state index contributed by atoms with van der Waals surface area (Å²) in [4.78, 5) is 11.8. The zero-order valence-corrected chi connectivity index (χ0v) is 8.47. The first-order chi connectivity index (χ1) is 6.82. The molecule has 0 aliphatic carbocycles. The van der Waals surface area contributed by atoms with Gasteiger partial charge in [0.2, 0.25) is 5.91 Å². The molecule has 6 heteroatoms. The van der Waals surface area contributed by atoms with Crippen molar-refractivity contribution in [1.82, 2.24) is 10.0 Å². The van der Waals surface area contributed by atoms with E-state index in [2.05, 4.69) is 0 Å². The molecule has 2 rings (SSSR count). The van der Waals surface area contributed by atoms with Crippen molar-refractivity contribution in [3.63, 3.8) is 0 Å². The minimum absolute atomic E-state index is 0.200. The highest BCUT2D eigenvalue weighted by Crippen LogP contribution is 2.41. The maximum absolute atomic E-state index is 12.3. The van der Waals surface area contributed by atoms with Crippen LogP contribution >= 0.6 is 0 Å². The van der Waals surface area contributed by atoms with Gasteiger partial charge in [0.15, 0.2) is 0 Å². The van der Waals surface area contributed by atoms with Gasteiger partial charge in [-0.05, 0) is 13.3 Å². The zero-order valence-electron chi connectivity index (χ0n) is 8.47. The van der Waals surface area contributed by atoms with Crippen LogP contribution in [-0.4, -0.2) is 41.7 Å². The molecule has 2 saturated heterocycles. The van der Waals surface area contributed by atoms with Crippen LogP contribution in [0, 0.1) is 5.41 Å². The topological polar surface area (TPSA) is 23.6 Å². The molecule has 0 spiro atoms. The van der Waals surface area contributed by atoms with Gasteiger partial charge in [-0.2, -0.15) is 13.2 Å². The third-order valence-electron chi connectivity index (χ3n) is 3.00. The van der Waals surface area contributed by atoms with Gasteiger partial charge in [0.25, 0.3) is 0 Å². The SMILES string of the molecule is C[C@@]1(CC(F)(F)F)CN2CCCN2C1=O. The number of carbonyl (C=O) groups excluding carboxylic acids is 1. The van der Waals surface area contributed by atoms with Crippen molar-refractivity contribution in [2.75, 3.05) is 19.6 Å². The number of rotatable bonds is 1. The average molecular weight is 222 g/mol. The van der Waals surface area contributed by atoms with Crippen LogP contribution in [-0.2, 0) is 4.79 Å². The minimum atomic E-state index is -4.27. The predicted molar refractivity (Wildman–Crippen MR) is 46.7 cm³/mol. The van der Waals surface area contributed by atoms with E-state index in [-0.39, 0.29) is 12.5 Å². The monoisotopic (exact) mass is 222 g/mol. The van der Waals surface area contributed by atoms with Gasteiger partial charge in [0.05, 0.1) is 11.8 Å². The van der Waals surface area contributed by atoms with Gasteiger partial charge in [-0.15, -0.1) is 0 Å². The van der Waals surface area contributed by atoms with Gasteiger partial charge in [-0.3, -0.25) is 9.80 Å². The maximum Gasteiger partial charge on any atom is 0.390 e. The number of hydrogen-bond acceptors (Lipinski definition) is 2. The summed E-state index contributed by atoms with van der Waals surface area (Å²) in [7, 11) is 0. The summed E-state index contributed by atoms with van der Waals surface area (Å²) in [5, 5.41) is 3.19. The fraction of sp³-hybridized carbons (Fsp3) is 0.889. The van der Waals surface area contributed by atoms with E-state index in [1.165, 1.54) is 11.9 Å². The Morgan fingerprint density at radius 1 is 1.40 bits per heavy atom. The standard InChI is InChI=1S/C9H13F3N2O/c1-8(5-9(10,11)12)6-13-3-2-4-14(13)7(8)15/h2-6H2,1H3/t8-/m1/s1. The molecule has 3 nitrogen and oxygen atoms in total. The molecule has 0 aromatic carbocycles. The average Bonchev–Trinajstić information content (AvgIpc) is 2.53. The number of hydrogen-bond donors (Lipinski definition) is 0. The van der Waals surface area contributed by atoms with E-state index in [9.17, 15) is 18.0 Å². The van der Waals surface area contributed by atoms with Crippen LogP contribution in [0.15, 0.2) is 0 Å². The quantitative estimate of drug-likeness (QED) is 0.669. The largest absolute Gasteiger partial charge is 0.390 e. The van der Waals surface area contributed by atoms with Crippen molar-refractivity contribution in [2.45, 2.75) is 25.9 Å². The number of amides is 1. The summed E-state index contributed by atoms with van der Waals surface area (Å²) < 4.78 is 36.9. The highest BCUT2D eigenvalue weighted by molar-refractivity contribution is 5.84. The summed E-state index contributed by atoms with van der Waals surface area (Å²) in [5.41, 5.74) is -1.28. The van der Waals surface area contributed by atoms with Crippen molar-refractivity contribution in [1.29, 1.82) is 0 Å². The molecule has 0 aromatic heterocycles. The van der Waals surface area contributed by atoms with Crippen molar-refractivity contribution < 1.29 is 18.0 Å². The fourth-order valence-electron chi connectivity index (χ4n) is 2.42. The molecule has 2 fully saturated rings. The maximum atomic E-state index is 12.3. The van der Waals surface area contributed by atoms with Crippen LogP contribution in [0.3, 0.4) is 0 Å². The van der Waals surface area contributed by atoms with E-state index >= 15 is 0 Å². The van der Waals surface area contributed by atoms with Crippen LogP contribution in [0.1, 0.15) is 19.8 Å². The Labute approximate surface area is 85.8 Å². The molecular formula is C9H13F3N2O. The Bertz CT molecular complexity index is 292. The lowest BCUT2D eigenvalue weighted by atomic mass is 9.86. The van der Waals surface area contributed by atoms with Gasteiger partial charge in [-0.1, -0.05) is 0 Å². The number of alkyl halides is 3. The summed E-state index contributed by atoms with van der Waals surface area (Å²) in [6, 6.07) is 0. The third kappa shape index (κ3) is 1.82. The Morgan fingerprint density at radius 3 is 2.60 bits per heavy atom. The van der Waals surface area contributed by atoms with E-state index in [4.69, 9.17) is 0 Å². The summed E-state index contributed by atoms with van der Waals surface area (Å²) >= 11 is 0. The Balaban J connectivity index is 2.14. The summed E-state index contributed by atoms with van der Waals surface area (Å²) in [5.74, 6) is -0.377. The summed E-state index contributed by atoms with van der Waals surface area (Å²) in [6.07, 6.45) is -4.44. The summed E-state index contributed by atoms with van der Waals surface area (Å²) in [6.45, 7) is 2.86. The lowest BCUT2D eigenvalue weighted by molar-refractivity contribution is -0.165. The Kier molecular flexibility index (Phi) is 2.22. The lowest BCUT2D eigenvalue weighted by Crippen LogP contribution is -2.36. The number of carbonyl (C=O) groups is 1. The van der Waals surface area contributed by atoms with E-state index in [0.29, 0.717) is 13.1 Å². The van der Waals surface area contributed by atoms with Gasteiger partial charge in [0.1, 0.15) is 0 Å². The van der Waals surface area contributed by atoms with E-state index < -0.39 is 18.0 Å². The number of hydrazine groups is 1. The molecule has 2 heterocycles. The zero-order chi connectivity index (χ0) is 11.3. The van der Waals surface area contributed by atoms with Crippen LogP contribution in [0.2, 0.25) is 0 Å². The van der Waals surface area contributed by atoms with Gasteiger partial charge >= 0.3 is 6.18 Å². The highest BCUT2D eigenvalue weighted by atomic mass is 19.4. The molecular weight excluding hydrogens is 209 g/mol. The van der Waals surface area contributed by atoms with Crippen LogP contribution in [0.25, 0.3) is 0 Å². The smallest absolute Gasteiger partial charge is 0.275 e. The molecule has 2 aliphatic heterocycles. The number of fused-ring (bicyclic) bond motifs is 1. The molecule has 0 radical (unpaired) electrons. The Hall–Kier alpha value is -0.780. The second-order valence-electron chi connectivity index (χ2n) is 4.52. The molecule has 1 atom stereocenters. The molecule has 86 valence electrons. The first kappa shape index (κ1) is 10.7. The van der Waals surface area contributed by atoms with E-state index in [1.807, 2.05) is 0 Å². The molecule has 2 aliphatic rings. The second kappa shape index (κ2) is 3.10. The van der Waals surface area contributed by atoms with Crippen LogP contribution < -0.4 is 0 Å². The second-order valence-corrected chi connectivity index (χ2v) is 4.52. The first-order valence-corrected chi connectivity index (χ1v) is 4.95. The van der Waals surface area contributed by atoms with Crippen LogP contribution in [0.5, 0.6) is 0 Å². The Morgan fingerprint density at radius 2 is 2.07 bits per heavy atom. The molecule has 0 N–H and O–H groups in total. The lowest BCUT2D eigenvalue weighted by Gasteiger charge is -2.22. The number of nitrogens with zero attached hydrogens (tertiary/aromatic N) is 2. The number of halogens is 3. The fourth-order valence-corrected chi connectivity index (χ4v) is 2.42. The van der Waals surface area contributed by atoms with Crippen molar-refractivity contribution in [3.05, 3.63) is 0 Å². The van der Waals surface area contributed by atoms with E-state index in [1.54, 1.807) is 5.01 Å². The highest BCUT2D eigenvalue weighted by Gasteiger charge is 2.53. The molecule has 15 heavy (non-hydrogen) atoms. The van der Waals surface area contributed by atoms with Crippen molar-refractivity contribution in [2.24, 2.45) is 5.41 Å². The minimum Gasteiger partial charge on any atom is -0.275 e. The third-order valence-corrected chi connectivity index (χ3v) is 3.00. The van der Waals surface area contributed by atoms with Crippen molar-refractivity contribution in [3.8, 4) is 0 Å². The molecule has 0 saturated carbocycles. The normalized spacial score (nSPS) is 32.5. The predicted octanol–water partition coefficient (Wildman–Crippen LogP) is 1.41. The molecule has 0 aromatic rings. The van der Waals surface area contributed by atoms with E-state index in [0.717, 1.165) is 6.42 Å². The van der Waals surface area contributed by atoms with Gasteiger partial charge < -0.3 is 0 Å². The van der Waals surface area contributed by atoms with Gasteiger partial charge in [0, 0.05) is 19.6 Å². The first-order valence-electron chi connectivity index (χ1n) is 4.95. The van der Waals surface area contributed by atoms with Crippen LogP contribution in [0.4, 0.5) is 13.2 Å². The molecule has 0 unspecified atom stereocenters. The molecule has 1 amide bonds.